The molecule has 2 heterocycles. The van der Waals surface area contributed by atoms with Gasteiger partial charge in [0, 0.05) is 12.4 Å². The van der Waals surface area contributed by atoms with Gasteiger partial charge in [0.1, 0.15) is 6.04 Å². The highest BCUT2D eigenvalue weighted by Crippen LogP contribution is 2.43. The SMILES string of the molecule is COc1cc(C(c2ccncc2)N2CCCCC2C(=O)O)cc(OC)c1OC. The number of pyridine rings is 1. The second-order valence-electron chi connectivity index (χ2n) is 6.73. The van der Waals surface area contributed by atoms with E-state index < -0.39 is 12.0 Å². The van der Waals surface area contributed by atoms with Crippen molar-refractivity contribution in [1.82, 2.24) is 9.88 Å². The first-order valence-corrected chi connectivity index (χ1v) is 9.29. The lowest BCUT2D eigenvalue weighted by Crippen LogP contribution is -2.46. The van der Waals surface area contributed by atoms with Gasteiger partial charge in [-0.1, -0.05) is 6.42 Å². The summed E-state index contributed by atoms with van der Waals surface area (Å²) in [5.41, 5.74) is 1.85. The van der Waals surface area contributed by atoms with Crippen LogP contribution in [-0.2, 0) is 4.79 Å². The second-order valence-corrected chi connectivity index (χ2v) is 6.73. The first-order chi connectivity index (χ1) is 13.6. The summed E-state index contributed by atoms with van der Waals surface area (Å²) in [5, 5.41) is 9.81. The molecule has 3 rings (SSSR count). The van der Waals surface area contributed by atoms with Crippen LogP contribution in [0.15, 0.2) is 36.7 Å². The maximum Gasteiger partial charge on any atom is 0.320 e. The van der Waals surface area contributed by atoms with Gasteiger partial charge in [0.2, 0.25) is 5.75 Å². The van der Waals surface area contributed by atoms with E-state index in [0.717, 1.165) is 24.0 Å². The Morgan fingerprint density at radius 1 is 1.07 bits per heavy atom. The Balaban J connectivity index is 2.16. The van der Waals surface area contributed by atoms with Crippen LogP contribution in [-0.4, -0.2) is 54.9 Å². The molecular weight excluding hydrogens is 360 g/mol. The summed E-state index contributed by atoms with van der Waals surface area (Å²) in [6.45, 7) is 0.695. The number of hydrogen-bond acceptors (Lipinski definition) is 6. The number of carbonyl (C=O) groups is 1. The molecule has 0 bridgehead atoms. The Labute approximate surface area is 164 Å². The van der Waals surface area contributed by atoms with E-state index in [4.69, 9.17) is 14.2 Å². The number of carboxylic acids is 1. The lowest BCUT2D eigenvalue weighted by molar-refractivity contribution is -0.145. The molecule has 7 heteroatoms. The molecule has 1 N–H and O–H groups in total. The van der Waals surface area contributed by atoms with Crippen molar-refractivity contribution in [3.63, 3.8) is 0 Å². The fourth-order valence-electron chi connectivity index (χ4n) is 3.91. The number of aliphatic carboxylic acids is 1. The van der Waals surface area contributed by atoms with Crippen molar-refractivity contribution < 1.29 is 24.1 Å². The molecule has 1 saturated heterocycles. The number of aromatic nitrogens is 1. The zero-order valence-corrected chi connectivity index (χ0v) is 16.4. The van der Waals surface area contributed by atoms with Crippen molar-refractivity contribution in [2.75, 3.05) is 27.9 Å². The molecule has 7 nitrogen and oxygen atoms in total. The third kappa shape index (κ3) is 3.89. The molecule has 0 amide bonds. The van der Waals surface area contributed by atoms with E-state index in [0.29, 0.717) is 30.2 Å². The number of carboxylic acid groups (broad SMARTS) is 1. The van der Waals surface area contributed by atoms with Crippen LogP contribution in [0.4, 0.5) is 0 Å². The van der Waals surface area contributed by atoms with Gasteiger partial charge in [0.25, 0.3) is 0 Å². The minimum absolute atomic E-state index is 0.266. The average molecular weight is 386 g/mol. The van der Waals surface area contributed by atoms with Crippen LogP contribution >= 0.6 is 0 Å². The number of methoxy groups -OCH3 is 3. The summed E-state index contributed by atoms with van der Waals surface area (Å²) in [4.78, 5) is 18.1. The van der Waals surface area contributed by atoms with Crippen LogP contribution < -0.4 is 14.2 Å². The van der Waals surface area contributed by atoms with Gasteiger partial charge in [-0.25, -0.2) is 0 Å². The standard InChI is InChI=1S/C21H26N2O5/c1-26-17-12-15(13-18(27-2)20(17)28-3)19(14-7-9-22-10-8-14)23-11-5-4-6-16(23)21(24)25/h7-10,12-13,16,19H,4-6,11H2,1-3H3,(H,24,25). The van der Waals surface area contributed by atoms with Gasteiger partial charge < -0.3 is 19.3 Å². The van der Waals surface area contributed by atoms with Crippen LogP contribution in [0.3, 0.4) is 0 Å². The Morgan fingerprint density at radius 3 is 2.25 bits per heavy atom. The molecule has 1 aliphatic rings. The van der Waals surface area contributed by atoms with Crippen molar-refractivity contribution in [2.45, 2.75) is 31.3 Å². The lowest BCUT2D eigenvalue weighted by Gasteiger charge is -2.39. The maximum atomic E-state index is 12.0. The molecule has 1 aromatic heterocycles. The number of nitrogens with zero attached hydrogens (tertiary/aromatic N) is 2. The molecule has 150 valence electrons. The molecule has 1 fully saturated rings. The van der Waals surface area contributed by atoms with Crippen LogP contribution in [0.5, 0.6) is 17.2 Å². The van der Waals surface area contributed by atoms with Crippen molar-refractivity contribution >= 4 is 5.97 Å². The van der Waals surface area contributed by atoms with Gasteiger partial charge in [-0.15, -0.1) is 0 Å². The van der Waals surface area contributed by atoms with Crippen molar-refractivity contribution in [3.05, 3.63) is 47.8 Å². The van der Waals surface area contributed by atoms with Crippen molar-refractivity contribution in [2.24, 2.45) is 0 Å². The van der Waals surface area contributed by atoms with Gasteiger partial charge in [-0.05, 0) is 54.8 Å². The van der Waals surface area contributed by atoms with E-state index in [2.05, 4.69) is 4.98 Å². The van der Waals surface area contributed by atoms with Crippen molar-refractivity contribution in [3.8, 4) is 17.2 Å². The molecule has 0 aliphatic carbocycles. The Kier molecular flexibility index (Phi) is 6.36. The fourth-order valence-corrected chi connectivity index (χ4v) is 3.91. The summed E-state index contributed by atoms with van der Waals surface area (Å²) < 4.78 is 16.5. The highest BCUT2D eigenvalue weighted by Gasteiger charge is 2.36. The molecule has 28 heavy (non-hydrogen) atoms. The summed E-state index contributed by atoms with van der Waals surface area (Å²) in [6, 6.07) is 6.80. The van der Waals surface area contributed by atoms with Crippen LogP contribution in [0.1, 0.15) is 36.4 Å². The highest BCUT2D eigenvalue weighted by molar-refractivity contribution is 5.73. The third-order valence-corrected chi connectivity index (χ3v) is 5.19. The van der Waals surface area contributed by atoms with Crippen LogP contribution in [0, 0.1) is 0 Å². The predicted octanol–water partition coefficient (Wildman–Crippen LogP) is 3.14. The predicted molar refractivity (Wildman–Crippen MR) is 104 cm³/mol. The molecule has 0 saturated carbocycles. The topological polar surface area (TPSA) is 81.1 Å². The third-order valence-electron chi connectivity index (χ3n) is 5.19. The van der Waals surface area contributed by atoms with E-state index in [9.17, 15) is 9.90 Å². The van der Waals surface area contributed by atoms with E-state index in [1.807, 2.05) is 29.2 Å². The number of benzene rings is 1. The Hall–Kier alpha value is -2.80. The smallest absolute Gasteiger partial charge is 0.320 e. The number of likely N-dealkylation sites (tertiary alicyclic amines) is 1. The molecule has 0 spiro atoms. The van der Waals surface area contributed by atoms with Gasteiger partial charge in [0.15, 0.2) is 11.5 Å². The van der Waals surface area contributed by atoms with Gasteiger partial charge in [-0.2, -0.15) is 0 Å². The number of rotatable bonds is 7. The molecule has 2 unspecified atom stereocenters. The lowest BCUT2D eigenvalue weighted by atomic mass is 9.91. The normalized spacial score (nSPS) is 18.3. The highest BCUT2D eigenvalue weighted by atomic mass is 16.5. The maximum absolute atomic E-state index is 12.0. The minimum Gasteiger partial charge on any atom is -0.493 e. The summed E-state index contributed by atoms with van der Waals surface area (Å²) in [6.07, 6.45) is 5.93. The monoisotopic (exact) mass is 386 g/mol. The number of piperidine rings is 1. The molecule has 0 radical (unpaired) electrons. The largest absolute Gasteiger partial charge is 0.493 e. The quantitative estimate of drug-likeness (QED) is 0.783. The van der Waals surface area contributed by atoms with Crippen LogP contribution in [0.25, 0.3) is 0 Å². The second kappa shape index (κ2) is 8.93. The van der Waals surface area contributed by atoms with E-state index in [1.54, 1.807) is 33.7 Å². The zero-order chi connectivity index (χ0) is 20.1. The summed E-state index contributed by atoms with van der Waals surface area (Å²) in [7, 11) is 4.71. The number of ether oxygens (including phenoxy) is 3. The number of hydrogen-bond donors (Lipinski definition) is 1. The average Bonchev–Trinajstić information content (AvgIpc) is 2.74. The summed E-state index contributed by atoms with van der Waals surface area (Å²) >= 11 is 0. The Morgan fingerprint density at radius 2 is 1.71 bits per heavy atom. The fraction of sp³-hybridized carbons (Fsp3) is 0.429. The van der Waals surface area contributed by atoms with E-state index >= 15 is 0 Å². The zero-order valence-electron chi connectivity index (χ0n) is 16.4. The molecular formula is C21H26N2O5. The van der Waals surface area contributed by atoms with E-state index in [-0.39, 0.29) is 6.04 Å². The van der Waals surface area contributed by atoms with E-state index in [1.165, 1.54) is 0 Å². The van der Waals surface area contributed by atoms with Crippen LogP contribution in [0.2, 0.25) is 0 Å². The summed E-state index contributed by atoms with van der Waals surface area (Å²) in [5.74, 6) is 0.793. The molecule has 1 aromatic carbocycles. The van der Waals surface area contributed by atoms with Gasteiger partial charge >= 0.3 is 5.97 Å². The molecule has 2 aromatic rings. The first-order valence-electron chi connectivity index (χ1n) is 9.29. The Bertz CT molecular complexity index is 787. The first kappa shape index (κ1) is 19.9. The molecule has 2 atom stereocenters. The minimum atomic E-state index is -0.800. The van der Waals surface area contributed by atoms with Crippen molar-refractivity contribution in [1.29, 1.82) is 0 Å². The van der Waals surface area contributed by atoms with Gasteiger partial charge in [0.05, 0.1) is 27.4 Å². The van der Waals surface area contributed by atoms with Gasteiger partial charge in [-0.3, -0.25) is 14.7 Å². The molecule has 1 aliphatic heterocycles.